The molecule has 246 valence electrons. The Morgan fingerprint density at radius 1 is 0.857 bits per heavy atom. The van der Waals surface area contributed by atoms with Gasteiger partial charge in [-0.25, -0.2) is 9.07 Å². The summed E-state index contributed by atoms with van der Waals surface area (Å²) in [5, 5.41) is 14.6. The number of nitriles is 1. The second kappa shape index (κ2) is 14.8. The van der Waals surface area contributed by atoms with Crippen LogP contribution >= 0.6 is 15.9 Å². The van der Waals surface area contributed by atoms with Crippen molar-refractivity contribution in [3.8, 4) is 17.6 Å². The number of aromatic nitrogens is 3. The van der Waals surface area contributed by atoms with E-state index in [9.17, 15) is 5.26 Å². The van der Waals surface area contributed by atoms with Crippen LogP contribution in [0.2, 0.25) is 0 Å². The highest BCUT2D eigenvalue weighted by Gasteiger charge is 2.43. The number of ether oxygens (including phenoxy) is 2. The Morgan fingerprint density at radius 3 is 1.90 bits per heavy atom. The SMILES string of the molecule is CCOc1cc(CN(c2ccc(C#N)cc2)c2nc(Br)nn2C(c2ccccc2)(c2ccccc2)c2ccccc2)c(F)c(OC(C)C)c1. The fourth-order valence-electron chi connectivity index (χ4n) is 6.08. The molecule has 0 saturated heterocycles. The molecule has 1 heterocycles. The Morgan fingerprint density at radius 2 is 1.41 bits per heavy atom. The summed E-state index contributed by atoms with van der Waals surface area (Å²) in [5.41, 5.74) is 3.34. The standard InChI is InChI=1S/C40H35BrFN5O2/c1-4-48-35-24-30(37(42)36(25-35)49-28(2)3)27-46(34-22-20-29(26-43)21-23-34)39-44-38(41)45-47(39)40(31-14-8-5-9-15-31,32-16-10-6-11-17-32)33-18-12-7-13-19-33/h5-25,28H,4,27H2,1-3H3. The van der Waals surface area contributed by atoms with Crippen molar-refractivity contribution in [3.63, 3.8) is 0 Å². The molecule has 0 N–H and O–H groups in total. The summed E-state index contributed by atoms with van der Waals surface area (Å²) in [6.45, 7) is 6.02. The molecule has 0 aliphatic heterocycles. The van der Waals surface area contributed by atoms with Crippen molar-refractivity contribution in [2.45, 2.75) is 39.0 Å². The molecule has 0 bridgehead atoms. The molecule has 9 heteroatoms. The molecule has 6 rings (SSSR count). The Balaban J connectivity index is 1.66. The molecular weight excluding hydrogens is 681 g/mol. The average Bonchev–Trinajstić information content (AvgIpc) is 3.51. The molecule has 0 amide bonds. The van der Waals surface area contributed by atoms with Gasteiger partial charge in [-0.05, 0) is 83.7 Å². The molecule has 0 unspecified atom stereocenters. The number of hydrogen-bond donors (Lipinski definition) is 0. The normalized spacial score (nSPS) is 11.3. The molecule has 0 saturated carbocycles. The van der Waals surface area contributed by atoms with Gasteiger partial charge >= 0.3 is 0 Å². The summed E-state index contributed by atoms with van der Waals surface area (Å²) < 4.78 is 30.4. The number of hydrogen-bond acceptors (Lipinski definition) is 6. The molecular formula is C40H35BrFN5O2. The van der Waals surface area contributed by atoms with Crippen LogP contribution in [0.25, 0.3) is 0 Å². The van der Waals surface area contributed by atoms with Gasteiger partial charge in [0.05, 0.1) is 30.9 Å². The summed E-state index contributed by atoms with van der Waals surface area (Å²) in [4.78, 5) is 6.87. The summed E-state index contributed by atoms with van der Waals surface area (Å²) in [5.74, 6) is 0.525. The molecule has 0 fully saturated rings. The van der Waals surface area contributed by atoms with Crippen molar-refractivity contribution >= 4 is 27.6 Å². The molecule has 0 spiro atoms. The van der Waals surface area contributed by atoms with Gasteiger partial charge in [0.25, 0.3) is 0 Å². The van der Waals surface area contributed by atoms with Crippen LogP contribution in [0, 0.1) is 17.1 Å². The molecule has 6 aromatic rings. The smallest absolute Gasteiger partial charge is 0.231 e. The third-order valence-electron chi connectivity index (χ3n) is 8.10. The van der Waals surface area contributed by atoms with Crippen LogP contribution in [0.5, 0.6) is 11.5 Å². The Bertz CT molecular complexity index is 1950. The van der Waals surface area contributed by atoms with Gasteiger partial charge in [-0.1, -0.05) is 91.0 Å². The summed E-state index contributed by atoms with van der Waals surface area (Å²) in [6.07, 6.45) is -0.254. The highest BCUT2D eigenvalue weighted by Crippen LogP contribution is 2.44. The van der Waals surface area contributed by atoms with E-state index in [0.717, 1.165) is 16.7 Å². The molecule has 0 atom stereocenters. The first kappa shape index (κ1) is 33.4. The van der Waals surface area contributed by atoms with Gasteiger partial charge in [-0.2, -0.15) is 10.2 Å². The first-order chi connectivity index (χ1) is 23.8. The van der Waals surface area contributed by atoms with E-state index < -0.39 is 11.4 Å². The van der Waals surface area contributed by atoms with Crippen LogP contribution in [0.4, 0.5) is 16.0 Å². The van der Waals surface area contributed by atoms with Crippen molar-refractivity contribution in [2.75, 3.05) is 11.5 Å². The quantitative estimate of drug-likeness (QED) is 0.118. The van der Waals surface area contributed by atoms with Crippen molar-refractivity contribution in [2.24, 2.45) is 0 Å². The second-order valence-electron chi connectivity index (χ2n) is 11.6. The minimum absolute atomic E-state index is 0.0344. The van der Waals surface area contributed by atoms with E-state index in [4.69, 9.17) is 19.6 Å². The van der Waals surface area contributed by atoms with Crippen molar-refractivity contribution in [1.82, 2.24) is 14.8 Å². The lowest BCUT2D eigenvalue weighted by Crippen LogP contribution is -2.40. The lowest BCUT2D eigenvalue weighted by molar-refractivity contribution is 0.228. The number of benzene rings is 5. The van der Waals surface area contributed by atoms with Crippen LogP contribution < -0.4 is 14.4 Å². The minimum Gasteiger partial charge on any atom is -0.494 e. The first-order valence-electron chi connectivity index (χ1n) is 16.0. The fraction of sp³-hybridized carbons (Fsp3) is 0.175. The Labute approximate surface area is 294 Å². The minimum atomic E-state index is -1.01. The van der Waals surface area contributed by atoms with Gasteiger partial charge in [-0.15, -0.1) is 5.10 Å². The lowest BCUT2D eigenvalue weighted by Gasteiger charge is -2.38. The lowest BCUT2D eigenvalue weighted by atomic mass is 9.77. The molecule has 1 aromatic heterocycles. The van der Waals surface area contributed by atoms with Crippen LogP contribution in [0.3, 0.4) is 0 Å². The third kappa shape index (κ3) is 6.78. The third-order valence-corrected chi connectivity index (χ3v) is 8.43. The first-order valence-corrected chi connectivity index (χ1v) is 16.8. The maximum absolute atomic E-state index is 16.4. The van der Waals surface area contributed by atoms with E-state index in [1.807, 2.05) is 97.1 Å². The van der Waals surface area contributed by atoms with Crippen molar-refractivity contribution in [1.29, 1.82) is 5.26 Å². The topological polar surface area (TPSA) is 76.2 Å². The van der Waals surface area contributed by atoms with E-state index in [0.29, 0.717) is 39.9 Å². The van der Waals surface area contributed by atoms with E-state index >= 15 is 4.39 Å². The zero-order valence-corrected chi connectivity index (χ0v) is 29.0. The number of anilines is 2. The zero-order valence-electron chi connectivity index (χ0n) is 27.4. The predicted molar refractivity (Wildman–Crippen MR) is 193 cm³/mol. The molecule has 0 radical (unpaired) electrons. The van der Waals surface area contributed by atoms with E-state index in [2.05, 4.69) is 58.4 Å². The number of nitrogens with zero attached hydrogens (tertiary/aromatic N) is 5. The van der Waals surface area contributed by atoms with Gasteiger partial charge in [-0.3, -0.25) is 0 Å². The fourth-order valence-corrected chi connectivity index (χ4v) is 6.40. The van der Waals surface area contributed by atoms with Crippen molar-refractivity contribution < 1.29 is 13.9 Å². The summed E-state index contributed by atoms with van der Waals surface area (Å²) >= 11 is 3.60. The molecule has 0 aliphatic carbocycles. The summed E-state index contributed by atoms with van der Waals surface area (Å²) in [6, 6.07) is 43.0. The van der Waals surface area contributed by atoms with Crippen LogP contribution in [-0.4, -0.2) is 27.5 Å². The van der Waals surface area contributed by atoms with Crippen LogP contribution in [-0.2, 0) is 12.1 Å². The van der Waals surface area contributed by atoms with Gasteiger partial charge in [0, 0.05) is 17.3 Å². The maximum Gasteiger partial charge on any atom is 0.231 e. The summed E-state index contributed by atoms with van der Waals surface area (Å²) in [7, 11) is 0. The van der Waals surface area contributed by atoms with Gasteiger partial charge in [0.15, 0.2) is 11.6 Å². The van der Waals surface area contributed by atoms with E-state index in [-0.39, 0.29) is 18.4 Å². The monoisotopic (exact) mass is 715 g/mol. The van der Waals surface area contributed by atoms with Gasteiger partial charge < -0.3 is 14.4 Å². The second-order valence-corrected chi connectivity index (χ2v) is 12.3. The Kier molecular flexibility index (Phi) is 10.1. The zero-order chi connectivity index (χ0) is 34.4. The molecule has 49 heavy (non-hydrogen) atoms. The van der Waals surface area contributed by atoms with E-state index in [1.165, 1.54) is 0 Å². The number of rotatable bonds is 12. The highest BCUT2D eigenvalue weighted by atomic mass is 79.9. The Hall–Kier alpha value is -5.46. The molecule has 5 aromatic carbocycles. The van der Waals surface area contributed by atoms with E-state index in [1.54, 1.807) is 24.3 Å². The predicted octanol–water partition coefficient (Wildman–Crippen LogP) is 9.42. The molecule has 7 nitrogen and oxygen atoms in total. The van der Waals surface area contributed by atoms with Gasteiger partial charge in [0.2, 0.25) is 10.7 Å². The molecule has 0 aliphatic rings. The van der Waals surface area contributed by atoms with Crippen LogP contribution in [0.15, 0.2) is 132 Å². The van der Waals surface area contributed by atoms with Crippen LogP contribution in [0.1, 0.15) is 48.6 Å². The average molecular weight is 717 g/mol. The number of halogens is 2. The van der Waals surface area contributed by atoms with Crippen molar-refractivity contribution in [3.05, 3.63) is 166 Å². The highest BCUT2D eigenvalue weighted by molar-refractivity contribution is 9.10. The maximum atomic E-state index is 16.4. The largest absolute Gasteiger partial charge is 0.494 e. The van der Waals surface area contributed by atoms with Gasteiger partial charge in [0.1, 0.15) is 11.3 Å².